The number of piperazine rings is 1. The molecule has 3 saturated carbocycles. The van der Waals surface area contributed by atoms with Gasteiger partial charge >= 0.3 is 5.97 Å². The quantitative estimate of drug-likeness (QED) is 0.342. The molecular weight excluding hydrogens is 669 g/mol. The van der Waals surface area contributed by atoms with E-state index >= 15 is 4.79 Å². The van der Waals surface area contributed by atoms with E-state index in [-0.39, 0.29) is 42.3 Å². The maximum atomic E-state index is 15.1. The highest BCUT2D eigenvalue weighted by atomic mass is 32.2. The molecule has 6 aliphatic rings. The lowest BCUT2D eigenvalue weighted by Crippen LogP contribution is -2.57. The molecule has 2 amide bonds. The Bertz CT molecular complexity index is 2080. The number of rotatable bonds is 7. The van der Waals surface area contributed by atoms with Crippen molar-refractivity contribution in [3.8, 4) is 17.0 Å². The fourth-order valence-corrected chi connectivity index (χ4v) is 11.8. The van der Waals surface area contributed by atoms with Gasteiger partial charge in [0, 0.05) is 59.7 Å². The van der Waals surface area contributed by atoms with Crippen LogP contribution in [-0.2, 0) is 30.9 Å². The first-order valence-electron chi connectivity index (χ1n) is 18.5. The molecule has 12 heteroatoms. The fraction of sp³-hybridized carbons (Fsp3) is 0.564. The summed E-state index contributed by atoms with van der Waals surface area (Å²) in [5, 5.41) is 1.03. The maximum Gasteiger partial charge on any atom is 0.329 e. The number of nitrogens with one attached hydrogen (secondary N) is 1. The zero-order valence-corrected chi connectivity index (χ0v) is 30.4. The normalized spacial score (nSPS) is 27.9. The second kappa shape index (κ2) is 11.6. The monoisotopic (exact) mass is 714 g/mol. The minimum atomic E-state index is -4.33. The number of sulfonamides is 1. The SMILES string of the molecule is COC(=O)C1(S(=O)(=O)NC(=O)c2ccc3c(C4CCCCC4)c4n(c3c2)CC2(C(=O)N3C5CCC3CN(C)C5)CC2c2cc(OC)ccc2-4)CC1. The Labute approximate surface area is 298 Å². The lowest BCUT2D eigenvalue weighted by Gasteiger charge is -2.41. The minimum Gasteiger partial charge on any atom is -0.497 e. The Morgan fingerprint density at radius 3 is 2.31 bits per heavy atom. The number of fused-ring (bicyclic) bond motifs is 9. The van der Waals surface area contributed by atoms with E-state index in [9.17, 15) is 18.0 Å². The summed E-state index contributed by atoms with van der Waals surface area (Å²) in [6.45, 7) is 2.25. The van der Waals surface area contributed by atoms with Crippen molar-refractivity contribution < 1.29 is 32.3 Å². The van der Waals surface area contributed by atoms with Crippen molar-refractivity contribution in [1.29, 1.82) is 0 Å². The predicted octanol–water partition coefficient (Wildman–Crippen LogP) is 4.92. The van der Waals surface area contributed by atoms with Gasteiger partial charge in [0.15, 0.2) is 4.75 Å². The zero-order chi connectivity index (χ0) is 35.4. The number of hydrogen-bond donors (Lipinski definition) is 1. The molecule has 4 heterocycles. The Morgan fingerprint density at radius 1 is 0.922 bits per heavy atom. The van der Waals surface area contributed by atoms with Gasteiger partial charge in [-0.1, -0.05) is 25.3 Å². The summed E-state index contributed by atoms with van der Waals surface area (Å²) in [5.41, 5.74) is 4.97. The molecular formula is C39H46N4O7S. The largest absolute Gasteiger partial charge is 0.497 e. The number of likely N-dealkylation sites (tertiary alicyclic amines) is 1. The van der Waals surface area contributed by atoms with Gasteiger partial charge in [-0.25, -0.2) is 13.1 Å². The Kier molecular flexibility index (Phi) is 7.47. The van der Waals surface area contributed by atoms with Gasteiger partial charge in [-0.3, -0.25) is 14.4 Å². The summed E-state index contributed by atoms with van der Waals surface area (Å²) < 4.78 is 40.0. The second-order valence-electron chi connectivity index (χ2n) is 16.0. The van der Waals surface area contributed by atoms with Crippen LogP contribution >= 0.6 is 0 Å². The molecule has 4 atom stereocenters. The van der Waals surface area contributed by atoms with Crippen LogP contribution in [0.1, 0.15) is 97.5 Å². The summed E-state index contributed by atoms with van der Waals surface area (Å²) in [6, 6.07) is 12.1. The molecule has 9 rings (SSSR count). The van der Waals surface area contributed by atoms with E-state index in [0.29, 0.717) is 12.5 Å². The number of nitrogens with zero attached hydrogens (tertiary/aromatic N) is 3. The highest BCUT2D eigenvalue weighted by Crippen LogP contribution is 2.66. The predicted molar refractivity (Wildman–Crippen MR) is 191 cm³/mol. The third-order valence-electron chi connectivity index (χ3n) is 13.1. The molecule has 0 radical (unpaired) electrons. The molecule has 2 bridgehead atoms. The van der Waals surface area contributed by atoms with Crippen LogP contribution in [0.15, 0.2) is 36.4 Å². The molecule has 1 aromatic heterocycles. The van der Waals surface area contributed by atoms with Crippen LogP contribution in [0.25, 0.3) is 22.2 Å². The van der Waals surface area contributed by atoms with E-state index in [4.69, 9.17) is 9.47 Å². The summed E-state index contributed by atoms with van der Waals surface area (Å²) in [4.78, 5) is 45.8. The highest BCUT2D eigenvalue weighted by Gasteiger charge is 2.66. The topological polar surface area (TPSA) is 127 Å². The summed E-state index contributed by atoms with van der Waals surface area (Å²) in [7, 11) is 0.642. The van der Waals surface area contributed by atoms with Crippen molar-refractivity contribution in [3.05, 3.63) is 53.1 Å². The third-order valence-corrected chi connectivity index (χ3v) is 15.2. The smallest absolute Gasteiger partial charge is 0.329 e. The average Bonchev–Trinajstić information content (AvgIpc) is 4.04. The number of carbonyl (C=O) groups excluding carboxylic acids is 3. The van der Waals surface area contributed by atoms with Crippen LogP contribution in [0, 0.1) is 5.41 Å². The Balaban J connectivity index is 1.20. The first kappa shape index (κ1) is 33.0. The molecule has 5 fully saturated rings. The standard InChI is InChI=1S/C39H46N4O7S/c1-41-20-25-10-11-26(21-41)43(25)36(45)38-19-31(38)30-18-27(49-2)12-14-28(30)34-33(23-7-5-4-6-8-23)29-13-9-24(17-32(29)42(34)22-38)35(44)40-51(47,48)39(15-16-39)37(46)50-3/h9,12-14,17-18,23,25-26,31H,4-8,10-11,15-16,19-22H2,1-3H3,(H,40,44). The van der Waals surface area contributed by atoms with Gasteiger partial charge in [0.1, 0.15) is 5.75 Å². The zero-order valence-electron chi connectivity index (χ0n) is 29.6. The minimum absolute atomic E-state index is 0.0352. The molecule has 270 valence electrons. The molecule has 3 aliphatic carbocycles. The van der Waals surface area contributed by atoms with Crippen molar-refractivity contribution >= 4 is 38.7 Å². The first-order valence-corrected chi connectivity index (χ1v) is 20.0. The van der Waals surface area contributed by atoms with Crippen molar-refractivity contribution in [3.63, 3.8) is 0 Å². The number of methoxy groups -OCH3 is 2. The summed E-state index contributed by atoms with van der Waals surface area (Å²) >= 11 is 0. The number of amides is 2. The summed E-state index contributed by atoms with van der Waals surface area (Å²) in [5.74, 6) is -0.292. The van der Waals surface area contributed by atoms with Crippen LogP contribution in [0.2, 0.25) is 0 Å². The number of hydrogen-bond acceptors (Lipinski definition) is 8. The maximum absolute atomic E-state index is 15.1. The highest BCUT2D eigenvalue weighted by molar-refractivity contribution is 7.92. The first-order chi connectivity index (χ1) is 24.5. The van der Waals surface area contributed by atoms with E-state index in [2.05, 4.69) is 38.3 Å². The van der Waals surface area contributed by atoms with Crippen molar-refractivity contribution in [1.82, 2.24) is 19.1 Å². The van der Waals surface area contributed by atoms with E-state index in [1.807, 2.05) is 12.1 Å². The molecule has 0 spiro atoms. The molecule has 51 heavy (non-hydrogen) atoms. The Morgan fingerprint density at radius 2 is 1.65 bits per heavy atom. The van der Waals surface area contributed by atoms with Crippen LogP contribution in [-0.4, -0.2) is 91.8 Å². The van der Waals surface area contributed by atoms with E-state index in [1.165, 1.54) is 12.0 Å². The van der Waals surface area contributed by atoms with Crippen LogP contribution in [0.4, 0.5) is 0 Å². The molecule has 4 unspecified atom stereocenters. The average molecular weight is 715 g/mol. The molecule has 1 N–H and O–H groups in total. The number of ether oxygens (including phenoxy) is 2. The number of likely N-dealkylation sites (N-methyl/N-ethyl adjacent to an activating group) is 1. The molecule has 11 nitrogen and oxygen atoms in total. The lowest BCUT2D eigenvalue weighted by molar-refractivity contribution is -0.143. The summed E-state index contributed by atoms with van der Waals surface area (Å²) in [6.07, 6.45) is 8.61. The molecule has 3 aliphatic heterocycles. The van der Waals surface area contributed by atoms with Gasteiger partial charge in [0.25, 0.3) is 15.9 Å². The Hall–Kier alpha value is -3.90. The number of aromatic nitrogens is 1. The lowest BCUT2D eigenvalue weighted by atomic mass is 9.81. The van der Waals surface area contributed by atoms with E-state index < -0.39 is 32.1 Å². The number of carbonyl (C=O) groups is 3. The van der Waals surface area contributed by atoms with Crippen LogP contribution in [0.3, 0.4) is 0 Å². The number of esters is 1. The van der Waals surface area contributed by atoms with Crippen molar-refractivity contribution in [2.75, 3.05) is 34.4 Å². The van der Waals surface area contributed by atoms with Gasteiger partial charge < -0.3 is 23.8 Å². The second-order valence-corrected chi connectivity index (χ2v) is 18.0. The molecule has 2 saturated heterocycles. The van der Waals surface area contributed by atoms with Gasteiger partial charge in [-0.15, -0.1) is 0 Å². The fourth-order valence-electron chi connectivity index (χ4n) is 10.3. The molecule has 2 aromatic carbocycles. The number of benzene rings is 2. The van der Waals surface area contributed by atoms with Gasteiger partial charge in [0.05, 0.1) is 25.3 Å². The molecule has 3 aromatic rings. The van der Waals surface area contributed by atoms with E-state index in [1.54, 1.807) is 19.2 Å². The van der Waals surface area contributed by atoms with Crippen molar-refractivity contribution in [2.24, 2.45) is 5.41 Å². The van der Waals surface area contributed by atoms with Crippen molar-refractivity contribution in [2.45, 2.75) is 99.4 Å². The van der Waals surface area contributed by atoms with Gasteiger partial charge in [-0.2, -0.15) is 0 Å². The van der Waals surface area contributed by atoms with E-state index in [0.717, 1.165) is 98.6 Å². The van der Waals surface area contributed by atoms with Crippen LogP contribution in [0.5, 0.6) is 5.75 Å². The van der Waals surface area contributed by atoms with Gasteiger partial charge in [-0.05, 0) is 99.4 Å². The van der Waals surface area contributed by atoms with Gasteiger partial charge in [0.2, 0.25) is 5.91 Å². The van der Waals surface area contributed by atoms with Crippen LogP contribution < -0.4 is 9.46 Å². The third kappa shape index (κ3) is 4.84.